The minimum absolute atomic E-state index is 0.0855. The Morgan fingerprint density at radius 2 is 2.19 bits per heavy atom. The standard InChI is InChI=1S/C20H20ClFN6O3/c1-30-19-11-14(4-6-23-19)28(20(29)24-13-2-3-16(22)15(21)10-13)12-18-26-25-17-5-8-31-9-7-27(17)18/h2-4,6,10-11H,5,7-9,12H2,1H3,(H,24,29). The number of nitrogens with one attached hydrogen (secondary N) is 1. The van der Waals surface area contributed by atoms with Gasteiger partial charge in [0.05, 0.1) is 37.6 Å². The van der Waals surface area contributed by atoms with Gasteiger partial charge in [0.2, 0.25) is 5.88 Å². The lowest BCUT2D eigenvalue weighted by Gasteiger charge is -2.23. The van der Waals surface area contributed by atoms with Crippen LogP contribution in [0.1, 0.15) is 11.6 Å². The van der Waals surface area contributed by atoms with Crippen molar-refractivity contribution in [1.29, 1.82) is 0 Å². The van der Waals surface area contributed by atoms with Crippen molar-refractivity contribution in [2.75, 3.05) is 30.5 Å². The third-order valence-electron chi connectivity index (χ3n) is 4.79. The number of benzene rings is 1. The normalized spacial score (nSPS) is 13.3. The Kier molecular flexibility index (Phi) is 6.28. The van der Waals surface area contributed by atoms with Gasteiger partial charge < -0.3 is 19.4 Å². The molecule has 0 spiro atoms. The molecule has 0 atom stereocenters. The first-order chi connectivity index (χ1) is 15.0. The molecule has 3 heterocycles. The third kappa shape index (κ3) is 4.75. The molecule has 1 aliphatic heterocycles. The number of carbonyl (C=O) groups excluding carboxylic acids is 1. The molecule has 0 bridgehead atoms. The Morgan fingerprint density at radius 1 is 1.32 bits per heavy atom. The molecule has 31 heavy (non-hydrogen) atoms. The highest BCUT2D eigenvalue weighted by molar-refractivity contribution is 6.31. The van der Waals surface area contributed by atoms with Crippen LogP contribution in [0.5, 0.6) is 5.88 Å². The topological polar surface area (TPSA) is 94.4 Å². The summed E-state index contributed by atoms with van der Waals surface area (Å²) in [6.07, 6.45) is 2.19. The van der Waals surface area contributed by atoms with Crippen LogP contribution in [0.4, 0.5) is 20.6 Å². The van der Waals surface area contributed by atoms with Gasteiger partial charge in [-0.25, -0.2) is 14.2 Å². The number of urea groups is 1. The van der Waals surface area contributed by atoms with E-state index in [0.29, 0.717) is 49.3 Å². The molecule has 3 aromatic rings. The summed E-state index contributed by atoms with van der Waals surface area (Å²) < 4.78 is 26.1. The fourth-order valence-corrected chi connectivity index (χ4v) is 3.40. The van der Waals surface area contributed by atoms with Crippen molar-refractivity contribution in [3.05, 3.63) is 59.0 Å². The molecule has 0 aliphatic carbocycles. The molecule has 9 nitrogen and oxygen atoms in total. The lowest BCUT2D eigenvalue weighted by molar-refractivity contribution is 0.139. The van der Waals surface area contributed by atoms with Crippen molar-refractivity contribution in [2.24, 2.45) is 0 Å². The number of aromatic nitrogens is 4. The smallest absolute Gasteiger partial charge is 0.326 e. The van der Waals surface area contributed by atoms with Gasteiger partial charge in [0, 0.05) is 30.9 Å². The van der Waals surface area contributed by atoms with Gasteiger partial charge in [-0.15, -0.1) is 10.2 Å². The largest absolute Gasteiger partial charge is 0.481 e. The molecule has 1 aromatic carbocycles. The van der Waals surface area contributed by atoms with E-state index in [1.165, 1.54) is 30.2 Å². The van der Waals surface area contributed by atoms with Crippen molar-refractivity contribution >= 4 is 29.0 Å². The molecule has 1 N–H and O–H groups in total. The van der Waals surface area contributed by atoms with E-state index in [0.717, 1.165) is 5.82 Å². The van der Waals surface area contributed by atoms with Crippen LogP contribution in [0.3, 0.4) is 0 Å². The minimum atomic E-state index is -0.566. The number of amides is 2. The van der Waals surface area contributed by atoms with Crippen molar-refractivity contribution in [3.63, 3.8) is 0 Å². The zero-order valence-electron chi connectivity index (χ0n) is 16.7. The molecular weight excluding hydrogens is 427 g/mol. The summed E-state index contributed by atoms with van der Waals surface area (Å²) in [5.74, 6) is 1.21. The lowest BCUT2D eigenvalue weighted by Crippen LogP contribution is -2.35. The van der Waals surface area contributed by atoms with E-state index >= 15 is 0 Å². The average Bonchev–Trinajstić information content (AvgIpc) is 2.99. The Morgan fingerprint density at radius 3 is 3.00 bits per heavy atom. The van der Waals surface area contributed by atoms with Crippen LogP contribution >= 0.6 is 11.6 Å². The van der Waals surface area contributed by atoms with Gasteiger partial charge in [0.15, 0.2) is 5.82 Å². The molecule has 2 aromatic heterocycles. The summed E-state index contributed by atoms with van der Waals surface area (Å²) in [7, 11) is 1.50. The fourth-order valence-electron chi connectivity index (χ4n) is 3.22. The first kappa shape index (κ1) is 21.0. The van der Waals surface area contributed by atoms with E-state index in [1.807, 2.05) is 4.57 Å². The van der Waals surface area contributed by atoms with Gasteiger partial charge in [-0.3, -0.25) is 4.90 Å². The molecule has 2 amide bonds. The van der Waals surface area contributed by atoms with E-state index in [-0.39, 0.29) is 11.6 Å². The highest BCUT2D eigenvalue weighted by Crippen LogP contribution is 2.24. The van der Waals surface area contributed by atoms with Crippen molar-refractivity contribution in [3.8, 4) is 5.88 Å². The molecule has 1 aliphatic rings. The van der Waals surface area contributed by atoms with Crippen LogP contribution < -0.4 is 15.0 Å². The molecule has 0 radical (unpaired) electrons. The van der Waals surface area contributed by atoms with Crippen LogP contribution in [0, 0.1) is 5.82 Å². The number of fused-ring (bicyclic) bond motifs is 1. The van der Waals surface area contributed by atoms with Crippen molar-refractivity contribution < 1.29 is 18.7 Å². The Bertz CT molecular complexity index is 1090. The first-order valence-corrected chi connectivity index (χ1v) is 9.95. The highest BCUT2D eigenvalue weighted by atomic mass is 35.5. The van der Waals surface area contributed by atoms with Gasteiger partial charge in [-0.1, -0.05) is 11.6 Å². The number of anilines is 2. The number of hydrogen-bond acceptors (Lipinski definition) is 6. The summed E-state index contributed by atoms with van der Waals surface area (Å²) >= 11 is 5.85. The second-order valence-corrected chi connectivity index (χ2v) is 7.16. The number of hydrogen-bond donors (Lipinski definition) is 1. The Balaban J connectivity index is 1.65. The highest BCUT2D eigenvalue weighted by Gasteiger charge is 2.23. The summed E-state index contributed by atoms with van der Waals surface area (Å²) in [6, 6.07) is 6.84. The summed E-state index contributed by atoms with van der Waals surface area (Å²) in [6.45, 7) is 1.86. The maximum Gasteiger partial charge on any atom is 0.326 e. The average molecular weight is 447 g/mol. The van der Waals surface area contributed by atoms with Crippen molar-refractivity contribution in [1.82, 2.24) is 19.7 Å². The minimum Gasteiger partial charge on any atom is -0.481 e. The van der Waals surface area contributed by atoms with E-state index in [2.05, 4.69) is 20.5 Å². The van der Waals surface area contributed by atoms with Gasteiger partial charge in [-0.2, -0.15) is 0 Å². The number of carbonyl (C=O) groups is 1. The molecule has 0 saturated heterocycles. The third-order valence-corrected chi connectivity index (χ3v) is 5.08. The van der Waals surface area contributed by atoms with Crippen LogP contribution in [0.25, 0.3) is 0 Å². The summed E-state index contributed by atoms with van der Waals surface area (Å²) in [4.78, 5) is 18.8. The van der Waals surface area contributed by atoms with Gasteiger partial charge in [-0.05, 0) is 24.3 Å². The summed E-state index contributed by atoms with van der Waals surface area (Å²) in [5, 5.41) is 11.2. The molecule has 4 rings (SSSR count). The van der Waals surface area contributed by atoms with Crippen LogP contribution in [-0.2, 0) is 24.2 Å². The van der Waals surface area contributed by atoms with E-state index in [4.69, 9.17) is 21.1 Å². The molecular formula is C20H20ClFN6O3. The zero-order valence-corrected chi connectivity index (χ0v) is 17.5. The quantitative estimate of drug-likeness (QED) is 0.646. The Labute approximate surface area is 182 Å². The second-order valence-electron chi connectivity index (χ2n) is 6.75. The number of halogens is 2. The molecule has 162 valence electrons. The molecule has 11 heteroatoms. The monoisotopic (exact) mass is 446 g/mol. The number of rotatable bonds is 5. The predicted octanol–water partition coefficient (Wildman–Crippen LogP) is 3.29. The van der Waals surface area contributed by atoms with Gasteiger partial charge in [0.25, 0.3) is 0 Å². The fraction of sp³-hybridized carbons (Fsp3) is 0.300. The van der Waals surface area contributed by atoms with Crippen LogP contribution in [0.15, 0.2) is 36.5 Å². The van der Waals surface area contributed by atoms with E-state index < -0.39 is 11.8 Å². The van der Waals surface area contributed by atoms with Crippen LogP contribution in [-0.4, -0.2) is 46.1 Å². The molecule has 0 unspecified atom stereocenters. The predicted molar refractivity (Wildman–Crippen MR) is 112 cm³/mol. The van der Waals surface area contributed by atoms with E-state index in [9.17, 15) is 9.18 Å². The molecule has 0 fully saturated rings. The number of ether oxygens (including phenoxy) is 2. The lowest BCUT2D eigenvalue weighted by atomic mass is 10.3. The molecule has 0 saturated carbocycles. The number of nitrogens with zero attached hydrogens (tertiary/aromatic N) is 5. The zero-order chi connectivity index (χ0) is 21.8. The second kappa shape index (κ2) is 9.27. The van der Waals surface area contributed by atoms with Gasteiger partial charge >= 0.3 is 6.03 Å². The Hall–Kier alpha value is -3.24. The van der Waals surface area contributed by atoms with E-state index in [1.54, 1.807) is 18.3 Å². The first-order valence-electron chi connectivity index (χ1n) is 9.57. The van der Waals surface area contributed by atoms with Crippen molar-refractivity contribution in [2.45, 2.75) is 19.5 Å². The SMILES string of the molecule is COc1cc(N(Cc2nnc3n2CCOCC3)C(=O)Nc2ccc(F)c(Cl)c2)ccn1. The number of pyridine rings is 1. The summed E-state index contributed by atoms with van der Waals surface area (Å²) in [5.41, 5.74) is 0.899. The van der Waals surface area contributed by atoms with Crippen LogP contribution in [0.2, 0.25) is 5.02 Å². The maximum absolute atomic E-state index is 13.5. The number of methoxy groups -OCH3 is 1. The maximum atomic E-state index is 13.5. The van der Waals surface area contributed by atoms with Gasteiger partial charge in [0.1, 0.15) is 11.6 Å².